The topological polar surface area (TPSA) is 78.3 Å². The molecule has 0 amide bonds. The van der Waals surface area contributed by atoms with Crippen molar-refractivity contribution in [3.8, 4) is 11.4 Å². The summed E-state index contributed by atoms with van der Waals surface area (Å²) in [6.45, 7) is 0. The minimum atomic E-state index is -0.474. The third-order valence-electron chi connectivity index (χ3n) is 3.37. The van der Waals surface area contributed by atoms with Crippen LogP contribution in [0.25, 0.3) is 5.69 Å². The molecule has 0 saturated carbocycles. The molecular formula is C17H16N4O3. The highest BCUT2D eigenvalue weighted by Gasteiger charge is 2.14. The number of hydrogen-bond donors (Lipinski definition) is 1. The molecule has 3 aromatic rings. The summed E-state index contributed by atoms with van der Waals surface area (Å²) in [6.07, 6.45) is 1.61. The highest BCUT2D eigenvalue weighted by atomic mass is 16.5. The fraction of sp³-hybridized carbons (Fsp3) is 0.118. The maximum absolute atomic E-state index is 11.8. The standard InChI is InChI=1S/C17H16N4O3/c1-23-15-9-8-12(10-14(15)16(22)24-2)19-17-18-11-21(20-17)13-6-4-3-5-7-13/h3-11H,1-2H3,(H,19,20). The summed E-state index contributed by atoms with van der Waals surface area (Å²) in [5.74, 6) is 0.383. The predicted octanol–water partition coefficient (Wildman–Crippen LogP) is 2.81. The van der Waals surface area contributed by atoms with Crippen LogP contribution in [0, 0.1) is 0 Å². The van der Waals surface area contributed by atoms with E-state index >= 15 is 0 Å². The number of carbonyl (C=O) groups is 1. The molecule has 0 aliphatic carbocycles. The number of nitrogens with one attached hydrogen (secondary N) is 1. The van der Waals surface area contributed by atoms with Gasteiger partial charge in [-0.3, -0.25) is 0 Å². The van der Waals surface area contributed by atoms with E-state index in [0.29, 0.717) is 22.9 Å². The van der Waals surface area contributed by atoms with Gasteiger partial charge >= 0.3 is 5.97 Å². The number of rotatable bonds is 5. The zero-order valence-corrected chi connectivity index (χ0v) is 13.3. The summed E-state index contributed by atoms with van der Waals surface area (Å²) in [7, 11) is 2.82. The third kappa shape index (κ3) is 3.19. The number of aromatic nitrogens is 3. The van der Waals surface area contributed by atoms with E-state index in [1.165, 1.54) is 14.2 Å². The van der Waals surface area contributed by atoms with Crippen LogP contribution in [0.5, 0.6) is 5.75 Å². The van der Waals surface area contributed by atoms with Gasteiger partial charge in [-0.15, -0.1) is 5.10 Å². The number of para-hydroxylation sites is 1. The Labute approximate surface area is 138 Å². The molecular weight excluding hydrogens is 308 g/mol. The van der Waals surface area contributed by atoms with Crippen molar-refractivity contribution in [2.45, 2.75) is 0 Å². The molecule has 0 atom stereocenters. The zero-order chi connectivity index (χ0) is 16.9. The smallest absolute Gasteiger partial charge is 0.341 e. The molecule has 0 bridgehead atoms. The van der Waals surface area contributed by atoms with Gasteiger partial charge in [-0.05, 0) is 30.3 Å². The van der Waals surface area contributed by atoms with Crippen LogP contribution < -0.4 is 10.1 Å². The first kappa shape index (κ1) is 15.5. The van der Waals surface area contributed by atoms with E-state index in [1.807, 2.05) is 30.3 Å². The van der Waals surface area contributed by atoms with Crippen LogP contribution in [-0.2, 0) is 4.74 Å². The molecule has 0 fully saturated rings. The molecule has 7 heteroatoms. The lowest BCUT2D eigenvalue weighted by molar-refractivity contribution is 0.0597. The molecule has 0 unspecified atom stereocenters. The number of benzene rings is 2. The fourth-order valence-corrected chi connectivity index (χ4v) is 2.21. The van der Waals surface area contributed by atoms with Gasteiger partial charge in [0.15, 0.2) is 0 Å². The Morgan fingerprint density at radius 3 is 2.62 bits per heavy atom. The third-order valence-corrected chi connectivity index (χ3v) is 3.37. The van der Waals surface area contributed by atoms with Gasteiger partial charge in [-0.25, -0.2) is 9.48 Å². The number of nitrogens with zero attached hydrogens (tertiary/aromatic N) is 3. The molecule has 1 N–H and O–H groups in total. The SMILES string of the molecule is COC(=O)c1cc(Nc2ncn(-c3ccccc3)n2)ccc1OC. The zero-order valence-electron chi connectivity index (χ0n) is 13.3. The number of hydrogen-bond acceptors (Lipinski definition) is 6. The van der Waals surface area contributed by atoms with Crippen molar-refractivity contribution < 1.29 is 14.3 Å². The Morgan fingerprint density at radius 2 is 1.92 bits per heavy atom. The minimum Gasteiger partial charge on any atom is -0.496 e. The summed E-state index contributed by atoms with van der Waals surface area (Å²) >= 11 is 0. The van der Waals surface area contributed by atoms with Gasteiger partial charge in [-0.1, -0.05) is 18.2 Å². The van der Waals surface area contributed by atoms with Gasteiger partial charge in [0.05, 0.1) is 19.9 Å². The molecule has 122 valence electrons. The fourth-order valence-electron chi connectivity index (χ4n) is 2.21. The lowest BCUT2D eigenvalue weighted by Crippen LogP contribution is -2.05. The Morgan fingerprint density at radius 1 is 1.12 bits per heavy atom. The van der Waals surface area contributed by atoms with Crippen molar-refractivity contribution in [2.75, 3.05) is 19.5 Å². The van der Waals surface area contributed by atoms with Crippen LogP contribution in [-0.4, -0.2) is 35.0 Å². The number of ether oxygens (including phenoxy) is 2. The Balaban J connectivity index is 1.84. The summed E-state index contributed by atoms with van der Waals surface area (Å²) in [5, 5.41) is 7.42. The Hall–Kier alpha value is -3.35. The van der Waals surface area contributed by atoms with Crippen molar-refractivity contribution in [3.05, 3.63) is 60.4 Å². The number of carbonyl (C=O) groups excluding carboxylic acids is 1. The maximum Gasteiger partial charge on any atom is 0.341 e. The van der Waals surface area contributed by atoms with Crippen LogP contribution in [0.1, 0.15) is 10.4 Å². The van der Waals surface area contributed by atoms with Gasteiger partial charge in [0, 0.05) is 5.69 Å². The predicted molar refractivity (Wildman–Crippen MR) is 89.0 cm³/mol. The molecule has 0 saturated heterocycles. The second kappa shape index (κ2) is 6.82. The van der Waals surface area contributed by atoms with E-state index in [9.17, 15) is 4.79 Å². The van der Waals surface area contributed by atoms with Gasteiger partial charge in [0.1, 0.15) is 17.6 Å². The first-order chi connectivity index (χ1) is 11.7. The molecule has 0 aliphatic heterocycles. The molecule has 7 nitrogen and oxygen atoms in total. The van der Waals surface area contributed by atoms with E-state index in [1.54, 1.807) is 29.2 Å². The second-order valence-electron chi connectivity index (χ2n) is 4.88. The summed E-state index contributed by atoms with van der Waals surface area (Å²) in [6, 6.07) is 14.7. The molecule has 0 aliphatic rings. The van der Waals surface area contributed by atoms with Crippen molar-refractivity contribution in [2.24, 2.45) is 0 Å². The summed E-state index contributed by atoms with van der Waals surface area (Å²) in [5.41, 5.74) is 1.89. The number of esters is 1. The van der Waals surface area contributed by atoms with Crippen LogP contribution in [0.4, 0.5) is 11.6 Å². The van der Waals surface area contributed by atoms with Crippen molar-refractivity contribution >= 4 is 17.6 Å². The summed E-state index contributed by atoms with van der Waals surface area (Å²) < 4.78 is 11.6. The first-order valence-electron chi connectivity index (χ1n) is 7.21. The Bertz CT molecular complexity index is 846. The minimum absolute atomic E-state index is 0.326. The van der Waals surface area contributed by atoms with Gasteiger partial charge in [0.2, 0.25) is 5.95 Å². The largest absolute Gasteiger partial charge is 0.496 e. The normalized spacial score (nSPS) is 10.2. The Kier molecular flexibility index (Phi) is 4.42. The van der Waals surface area contributed by atoms with Crippen LogP contribution >= 0.6 is 0 Å². The quantitative estimate of drug-likeness (QED) is 0.727. The van der Waals surface area contributed by atoms with Gasteiger partial charge in [-0.2, -0.15) is 4.98 Å². The van der Waals surface area contributed by atoms with E-state index in [-0.39, 0.29) is 0 Å². The van der Waals surface area contributed by atoms with Gasteiger partial charge in [0.25, 0.3) is 0 Å². The molecule has 1 aromatic heterocycles. The van der Waals surface area contributed by atoms with Crippen molar-refractivity contribution in [3.63, 3.8) is 0 Å². The van der Waals surface area contributed by atoms with E-state index in [2.05, 4.69) is 15.4 Å². The number of anilines is 2. The van der Waals surface area contributed by atoms with E-state index < -0.39 is 5.97 Å². The highest BCUT2D eigenvalue weighted by Crippen LogP contribution is 2.24. The molecule has 1 heterocycles. The van der Waals surface area contributed by atoms with E-state index in [0.717, 1.165) is 5.69 Å². The van der Waals surface area contributed by atoms with Crippen molar-refractivity contribution in [1.82, 2.24) is 14.8 Å². The lowest BCUT2D eigenvalue weighted by Gasteiger charge is -2.09. The van der Waals surface area contributed by atoms with Crippen LogP contribution in [0.15, 0.2) is 54.9 Å². The monoisotopic (exact) mass is 324 g/mol. The number of methoxy groups -OCH3 is 2. The molecule has 0 spiro atoms. The first-order valence-corrected chi connectivity index (χ1v) is 7.21. The molecule has 2 aromatic carbocycles. The lowest BCUT2D eigenvalue weighted by atomic mass is 10.2. The second-order valence-corrected chi connectivity index (χ2v) is 4.88. The van der Waals surface area contributed by atoms with Crippen LogP contribution in [0.3, 0.4) is 0 Å². The maximum atomic E-state index is 11.8. The van der Waals surface area contributed by atoms with E-state index in [4.69, 9.17) is 9.47 Å². The van der Waals surface area contributed by atoms with Crippen molar-refractivity contribution in [1.29, 1.82) is 0 Å². The average Bonchev–Trinajstić information content (AvgIpc) is 3.10. The van der Waals surface area contributed by atoms with Gasteiger partial charge < -0.3 is 14.8 Å². The molecule has 24 heavy (non-hydrogen) atoms. The average molecular weight is 324 g/mol. The van der Waals surface area contributed by atoms with Crippen LogP contribution in [0.2, 0.25) is 0 Å². The summed E-state index contributed by atoms with van der Waals surface area (Å²) in [4.78, 5) is 16.0. The molecule has 0 radical (unpaired) electrons. The molecule has 3 rings (SSSR count). The highest BCUT2D eigenvalue weighted by molar-refractivity contribution is 5.93.